The van der Waals surface area contributed by atoms with Gasteiger partial charge in [-0.3, -0.25) is 9.69 Å². The number of nitrogens with zero attached hydrogens (tertiary/aromatic N) is 2. The number of likely N-dealkylation sites (tertiary alicyclic amines) is 2. The van der Waals surface area contributed by atoms with Crippen molar-refractivity contribution in [2.45, 2.75) is 56.4 Å². The van der Waals surface area contributed by atoms with Gasteiger partial charge in [0.1, 0.15) is 0 Å². The molecule has 5 nitrogen and oxygen atoms in total. The lowest BCUT2D eigenvalue weighted by Gasteiger charge is -2.31. The number of allylic oxidation sites excluding steroid dienone is 1. The molecule has 0 spiro atoms. The summed E-state index contributed by atoms with van der Waals surface area (Å²) in [5.41, 5.74) is 1.81. The molecule has 3 aliphatic heterocycles. The van der Waals surface area contributed by atoms with E-state index in [1.807, 2.05) is 24.3 Å². The molecule has 1 aromatic carbocycles. The third-order valence-corrected chi connectivity index (χ3v) is 9.67. The van der Waals surface area contributed by atoms with Crippen LogP contribution in [0.1, 0.15) is 60.2 Å². The molecule has 1 aromatic rings. The van der Waals surface area contributed by atoms with Crippen molar-refractivity contribution < 1.29 is 13.2 Å². The van der Waals surface area contributed by atoms with E-state index in [-0.39, 0.29) is 11.2 Å². The number of thioether (sulfide) groups is 1. The molecular formula is C22H30N2O3S2. The molecule has 0 saturated carbocycles. The molecule has 0 radical (unpaired) electrons. The van der Waals surface area contributed by atoms with Crippen molar-refractivity contribution in [2.24, 2.45) is 0 Å². The third kappa shape index (κ3) is 4.57. The Labute approximate surface area is 178 Å². The largest absolute Gasteiger partial charge is 0.334 e. The van der Waals surface area contributed by atoms with E-state index in [0.717, 1.165) is 43.6 Å². The zero-order valence-corrected chi connectivity index (χ0v) is 18.8. The molecule has 2 saturated heterocycles. The van der Waals surface area contributed by atoms with Crippen molar-refractivity contribution in [3.05, 3.63) is 45.7 Å². The molecular weight excluding hydrogens is 404 g/mol. The first-order chi connectivity index (χ1) is 13.8. The zero-order valence-electron chi connectivity index (χ0n) is 17.2. The van der Waals surface area contributed by atoms with Gasteiger partial charge in [-0.15, -0.1) is 11.8 Å². The molecule has 7 heteroatoms. The molecule has 1 amide bonds. The second kappa shape index (κ2) is 8.44. The third-order valence-electron chi connectivity index (χ3n) is 6.43. The first-order valence-corrected chi connectivity index (χ1v) is 13.3. The summed E-state index contributed by atoms with van der Waals surface area (Å²) in [6, 6.07) is 8.72. The SMILES string of the molecule is CC1CCCN1CC1CCCN1C(=O)c1ccc(C2CC=C(S(C)(=O)=O)S2)cc1. The van der Waals surface area contributed by atoms with Gasteiger partial charge in [0.05, 0.1) is 4.24 Å². The maximum absolute atomic E-state index is 13.1. The molecule has 3 atom stereocenters. The lowest BCUT2D eigenvalue weighted by molar-refractivity contribution is 0.0696. The second-order valence-electron chi connectivity index (χ2n) is 8.54. The Morgan fingerprint density at radius 2 is 1.86 bits per heavy atom. The standard InChI is InChI=1S/C22H30N2O3S2/c1-16-5-3-13-23(16)15-19-6-4-14-24(19)22(25)18-9-7-17(8-10-18)20-11-12-21(28-20)29(2,26)27/h7-10,12,16,19-20H,3-6,11,13-15H2,1-2H3. The normalized spacial score (nSPS) is 28.1. The van der Waals surface area contributed by atoms with E-state index in [9.17, 15) is 13.2 Å². The van der Waals surface area contributed by atoms with Crippen LogP contribution >= 0.6 is 11.8 Å². The molecule has 0 N–H and O–H groups in total. The number of sulfone groups is 1. The maximum atomic E-state index is 13.1. The number of carbonyl (C=O) groups is 1. The highest BCUT2D eigenvalue weighted by atomic mass is 32.3. The monoisotopic (exact) mass is 434 g/mol. The molecule has 3 aliphatic rings. The van der Waals surface area contributed by atoms with E-state index >= 15 is 0 Å². The summed E-state index contributed by atoms with van der Waals surface area (Å²) in [5, 5.41) is 0.111. The summed E-state index contributed by atoms with van der Waals surface area (Å²) in [5.74, 6) is 0.125. The minimum atomic E-state index is -3.14. The van der Waals surface area contributed by atoms with Crippen molar-refractivity contribution in [1.82, 2.24) is 9.80 Å². The van der Waals surface area contributed by atoms with Gasteiger partial charge in [-0.05, 0) is 63.3 Å². The van der Waals surface area contributed by atoms with Crippen molar-refractivity contribution in [1.29, 1.82) is 0 Å². The molecule has 158 valence electrons. The topological polar surface area (TPSA) is 57.7 Å². The number of carbonyl (C=O) groups excluding carboxylic acids is 1. The highest BCUT2D eigenvalue weighted by Gasteiger charge is 2.33. The van der Waals surface area contributed by atoms with Crippen LogP contribution in [0.25, 0.3) is 0 Å². The second-order valence-corrected chi connectivity index (χ2v) is 12.0. The minimum absolute atomic E-state index is 0.111. The number of amides is 1. The minimum Gasteiger partial charge on any atom is -0.334 e. The van der Waals surface area contributed by atoms with Crippen LogP contribution in [-0.4, -0.2) is 62.1 Å². The Bertz CT molecular complexity index is 895. The van der Waals surface area contributed by atoms with E-state index in [0.29, 0.717) is 22.7 Å². The zero-order chi connectivity index (χ0) is 20.6. The molecule has 0 aliphatic carbocycles. The highest BCUT2D eigenvalue weighted by molar-refractivity contribution is 8.18. The van der Waals surface area contributed by atoms with Crippen LogP contribution < -0.4 is 0 Å². The van der Waals surface area contributed by atoms with Gasteiger partial charge < -0.3 is 4.90 Å². The quantitative estimate of drug-likeness (QED) is 0.705. The average Bonchev–Trinajstić information content (AvgIpc) is 3.43. The van der Waals surface area contributed by atoms with Gasteiger partial charge >= 0.3 is 0 Å². The Hall–Kier alpha value is -1.31. The molecule has 2 fully saturated rings. The summed E-state index contributed by atoms with van der Waals surface area (Å²) < 4.78 is 23.9. The summed E-state index contributed by atoms with van der Waals surface area (Å²) >= 11 is 1.40. The average molecular weight is 435 g/mol. The summed E-state index contributed by atoms with van der Waals surface area (Å²) in [6.45, 7) is 5.27. The van der Waals surface area contributed by atoms with Crippen molar-refractivity contribution >= 4 is 27.5 Å². The Balaban J connectivity index is 1.40. The fraction of sp³-hybridized carbons (Fsp3) is 0.591. The summed E-state index contributed by atoms with van der Waals surface area (Å²) in [7, 11) is -3.14. The van der Waals surface area contributed by atoms with E-state index in [2.05, 4.69) is 16.7 Å². The summed E-state index contributed by atoms with van der Waals surface area (Å²) in [6.07, 6.45) is 8.46. The molecule has 4 rings (SSSR count). The predicted octanol–water partition coefficient (Wildman–Crippen LogP) is 3.84. The van der Waals surface area contributed by atoms with Gasteiger partial charge in [0.25, 0.3) is 5.91 Å². The molecule has 0 bridgehead atoms. The molecule has 3 heterocycles. The van der Waals surface area contributed by atoms with Crippen molar-refractivity contribution in [2.75, 3.05) is 25.9 Å². The van der Waals surface area contributed by atoms with Gasteiger partial charge in [-0.2, -0.15) is 0 Å². The van der Waals surface area contributed by atoms with Crippen molar-refractivity contribution in [3.63, 3.8) is 0 Å². The smallest absolute Gasteiger partial charge is 0.254 e. The van der Waals surface area contributed by atoms with Crippen LogP contribution in [0, 0.1) is 0 Å². The van der Waals surface area contributed by atoms with E-state index in [1.165, 1.54) is 30.9 Å². The van der Waals surface area contributed by atoms with E-state index in [1.54, 1.807) is 6.08 Å². The van der Waals surface area contributed by atoms with Crippen LogP contribution in [0.3, 0.4) is 0 Å². The van der Waals surface area contributed by atoms with E-state index in [4.69, 9.17) is 0 Å². The van der Waals surface area contributed by atoms with Gasteiger partial charge in [0.2, 0.25) is 0 Å². The van der Waals surface area contributed by atoms with Crippen molar-refractivity contribution in [3.8, 4) is 0 Å². The van der Waals surface area contributed by atoms with Crippen LogP contribution in [0.2, 0.25) is 0 Å². The van der Waals surface area contributed by atoms with Crippen LogP contribution in [-0.2, 0) is 9.84 Å². The first-order valence-electron chi connectivity index (χ1n) is 10.5. The van der Waals surface area contributed by atoms with Crippen LogP contribution in [0.5, 0.6) is 0 Å². The van der Waals surface area contributed by atoms with Crippen LogP contribution in [0.4, 0.5) is 0 Å². The van der Waals surface area contributed by atoms with Gasteiger partial charge in [-0.25, -0.2) is 8.42 Å². The van der Waals surface area contributed by atoms with Gasteiger partial charge in [0.15, 0.2) is 9.84 Å². The maximum Gasteiger partial charge on any atom is 0.254 e. The number of hydrogen-bond donors (Lipinski definition) is 0. The first kappa shape index (κ1) is 20.9. The predicted molar refractivity (Wildman–Crippen MR) is 119 cm³/mol. The number of benzene rings is 1. The number of rotatable bonds is 5. The van der Waals surface area contributed by atoms with Gasteiger partial charge in [-0.1, -0.05) is 18.2 Å². The lowest BCUT2D eigenvalue weighted by atomic mass is 10.1. The highest BCUT2D eigenvalue weighted by Crippen LogP contribution is 2.45. The van der Waals surface area contributed by atoms with Gasteiger partial charge in [0, 0.05) is 42.2 Å². The lowest BCUT2D eigenvalue weighted by Crippen LogP contribution is -2.44. The van der Waals surface area contributed by atoms with E-state index < -0.39 is 9.84 Å². The molecule has 3 unspecified atom stereocenters. The summed E-state index contributed by atoms with van der Waals surface area (Å²) in [4.78, 5) is 17.7. The molecule has 29 heavy (non-hydrogen) atoms. The fourth-order valence-corrected chi connectivity index (χ4v) is 7.12. The fourth-order valence-electron chi connectivity index (χ4n) is 4.72. The Kier molecular flexibility index (Phi) is 6.09. The molecule has 0 aromatic heterocycles. The van der Waals surface area contributed by atoms with Crippen LogP contribution in [0.15, 0.2) is 34.6 Å². The Morgan fingerprint density at radius 3 is 2.48 bits per heavy atom. The number of hydrogen-bond acceptors (Lipinski definition) is 5. The Morgan fingerprint density at radius 1 is 1.14 bits per heavy atom.